The number of nitrogens with one attached hydrogen (secondary N) is 2. The first-order valence-electron chi connectivity index (χ1n) is 6.78. The van der Waals surface area contributed by atoms with Gasteiger partial charge in [0.05, 0.1) is 0 Å². The van der Waals surface area contributed by atoms with E-state index in [0.29, 0.717) is 18.0 Å². The third kappa shape index (κ3) is 4.46. The van der Waals surface area contributed by atoms with E-state index in [2.05, 4.69) is 15.6 Å². The Bertz CT molecular complexity index is 643. The van der Waals surface area contributed by atoms with Gasteiger partial charge in [0.15, 0.2) is 0 Å². The van der Waals surface area contributed by atoms with Gasteiger partial charge in [0.1, 0.15) is 0 Å². The number of rotatable bonds is 5. The predicted molar refractivity (Wildman–Crippen MR) is 86.9 cm³/mol. The lowest BCUT2D eigenvalue weighted by Gasteiger charge is -2.10. The van der Waals surface area contributed by atoms with E-state index in [9.17, 15) is 4.79 Å². The van der Waals surface area contributed by atoms with Crippen LogP contribution in [-0.2, 0) is 4.79 Å². The van der Waals surface area contributed by atoms with E-state index in [0.717, 1.165) is 22.6 Å². The Morgan fingerprint density at radius 1 is 1.29 bits per heavy atom. The minimum absolute atomic E-state index is 0.0429. The molecule has 1 aromatic carbocycles. The van der Waals surface area contributed by atoms with E-state index in [-0.39, 0.29) is 5.91 Å². The molecule has 0 spiro atoms. The Labute approximate surface area is 129 Å². The largest absolute Gasteiger partial charge is 0.384 e. The molecule has 21 heavy (non-hydrogen) atoms. The Morgan fingerprint density at radius 3 is 2.86 bits per heavy atom. The van der Waals surface area contributed by atoms with E-state index in [1.165, 1.54) is 0 Å². The Morgan fingerprint density at radius 2 is 2.10 bits per heavy atom. The lowest BCUT2D eigenvalue weighted by atomic mass is 10.2. The van der Waals surface area contributed by atoms with Gasteiger partial charge in [0.2, 0.25) is 5.91 Å². The topological polar surface area (TPSA) is 54.0 Å². The molecule has 4 nitrogen and oxygen atoms in total. The van der Waals surface area contributed by atoms with Gasteiger partial charge in [-0.05, 0) is 43.7 Å². The maximum Gasteiger partial charge on any atom is 0.226 e. The molecule has 0 bridgehead atoms. The van der Waals surface area contributed by atoms with Crippen LogP contribution < -0.4 is 10.6 Å². The van der Waals surface area contributed by atoms with Crippen molar-refractivity contribution in [3.8, 4) is 0 Å². The van der Waals surface area contributed by atoms with Crippen molar-refractivity contribution in [3.63, 3.8) is 0 Å². The van der Waals surface area contributed by atoms with Crippen LogP contribution in [0.3, 0.4) is 0 Å². The van der Waals surface area contributed by atoms with Crippen molar-refractivity contribution in [2.24, 2.45) is 0 Å². The molecule has 0 aliphatic carbocycles. The molecule has 2 rings (SSSR count). The number of halogens is 1. The SMILES string of the molecule is Cc1cc(NCCC(=O)Nc2cccc(Cl)c2C)ccn1. The average molecular weight is 304 g/mol. The van der Waals surface area contributed by atoms with Crippen LogP contribution in [0.1, 0.15) is 17.7 Å². The summed E-state index contributed by atoms with van der Waals surface area (Å²) in [5.74, 6) is -0.0429. The van der Waals surface area contributed by atoms with Gasteiger partial charge in [0, 0.05) is 41.3 Å². The third-order valence-corrected chi connectivity index (χ3v) is 3.53. The number of aryl methyl sites for hydroxylation is 1. The Hall–Kier alpha value is -2.07. The molecule has 110 valence electrons. The summed E-state index contributed by atoms with van der Waals surface area (Å²) in [6.45, 7) is 4.38. The summed E-state index contributed by atoms with van der Waals surface area (Å²) in [5, 5.41) is 6.73. The highest BCUT2D eigenvalue weighted by Gasteiger charge is 2.06. The smallest absolute Gasteiger partial charge is 0.226 e. The number of aromatic nitrogens is 1. The fraction of sp³-hybridized carbons (Fsp3) is 0.250. The second kappa shape index (κ2) is 7.09. The number of hydrogen-bond donors (Lipinski definition) is 2. The fourth-order valence-corrected chi connectivity index (χ4v) is 2.11. The maximum atomic E-state index is 11.9. The van der Waals surface area contributed by atoms with Crippen LogP contribution in [0, 0.1) is 13.8 Å². The van der Waals surface area contributed by atoms with Crippen molar-refractivity contribution in [1.29, 1.82) is 0 Å². The standard InChI is InChI=1S/C16H18ClN3O/c1-11-10-13(6-8-18-11)19-9-7-16(21)20-15-5-3-4-14(17)12(15)2/h3-6,8,10H,7,9H2,1-2H3,(H,18,19)(H,20,21). The summed E-state index contributed by atoms with van der Waals surface area (Å²) in [6, 6.07) is 9.30. The number of benzene rings is 1. The second-order valence-corrected chi connectivity index (χ2v) is 5.23. The first kappa shape index (κ1) is 15.3. The molecule has 1 aromatic heterocycles. The van der Waals surface area contributed by atoms with Gasteiger partial charge >= 0.3 is 0 Å². The molecule has 5 heteroatoms. The zero-order chi connectivity index (χ0) is 15.2. The van der Waals surface area contributed by atoms with E-state index in [4.69, 9.17) is 11.6 Å². The number of nitrogens with zero attached hydrogens (tertiary/aromatic N) is 1. The molecular weight excluding hydrogens is 286 g/mol. The zero-order valence-corrected chi connectivity index (χ0v) is 12.9. The average Bonchev–Trinajstić information content (AvgIpc) is 2.44. The van der Waals surface area contributed by atoms with Gasteiger partial charge in [-0.3, -0.25) is 9.78 Å². The highest BCUT2D eigenvalue weighted by atomic mass is 35.5. The summed E-state index contributed by atoms with van der Waals surface area (Å²) in [5.41, 5.74) is 3.55. The molecule has 0 saturated carbocycles. The monoisotopic (exact) mass is 303 g/mol. The van der Waals surface area contributed by atoms with Crippen LogP contribution in [-0.4, -0.2) is 17.4 Å². The van der Waals surface area contributed by atoms with Crippen molar-refractivity contribution in [3.05, 3.63) is 52.8 Å². The second-order valence-electron chi connectivity index (χ2n) is 4.82. The van der Waals surface area contributed by atoms with Crippen molar-refractivity contribution in [1.82, 2.24) is 4.98 Å². The molecule has 2 N–H and O–H groups in total. The molecule has 0 unspecified atom stereocenters. The van der Waals surface area contributed by atoms with Crippen LogP contribution in [0.25, 0.3) is 0 Å². The van der Waals surface area contributed by atoms with Crippen LogP contribution in [0.4, 0.5) is 11.4 Å². The van der Waals surface area contributed by atoms with Gasteiger partial charge in [-0.25, -0.2) is 0 Å². The van der Waals surface area contributed by atoms with Crippen LogP contribution in [0.2, 0.25) is 5.02 Å². The molecule has 1 amide bonds. The molecule has 0 aliphatic rings. The molecule has 1 heterocycles. The number of hydrogen-bond acceptors (Lipinski definition) is 3. The van der Waals surface area contributed by atoms with Crippen molar-refractivity contribution in [2.75, 3.05) is 17.2 Å². The van der Waals surface area contributed by atoms with Gasteiger partial charge in [0.25, 0.3) is 0 Å². The summed E-state index contributed by atoms with van der Waals surface area (Å²) in [6.07, 6.45) is 2.13. The molecule has 0 atom stereocenters. The first-order chi connectivity index (χ1) is 10.1. The van der Waals surface area contributed by atoms with Crippen molar-refractivity contribution >= 4 is 28.9 Å². The molecular formula is C16H18ClN3O. The van der Waals surface area contributed by atoms with Crippen LogP contribution >= 0.6 is 11.6 Å². The Kier molecular flexibility index (Phi) is 5.17. The molecule has 0 aliphatic heterocycles. The van der Waals surface area contributed by atoms with E-state index in [1.807, 2.05) is 38.1 Å². The maximum absolute atomic E-state index is 11.9. The third-order valence-electron chi connectivity index (χ3n) is 3.12. The van der Waals surface area contributed by atoms with Crippen molar-refractivity contribution in [2.45, 2.75) is 20.3 Å². The lowest BCUT2D eigenvalue weighted by Crippen LogP contribution is -2.16. The number of carbonyl (C=O) groups excluding carboxylic acids is 1. The molecule has 0 radical (unpaired) electrons. The molecule has 0 saturated heterocycles. The van der Waals surface area contributed by atoms with Gasteiger partial charge in [-0.15, -0.1) is 0 Å². The van der Waals surface area contributed by atoms with Gasteiger partial charge in [-0.1, -0.05) is 17.7 Å². The normalized spacial score (nSPS) is 10.2. The highest BCUT2D eigenvalue weighted by molar-refractivity contribution is 6.31. The van der Waals surface area contributed by atoms with E-state index < -0.39 is 0 Å². The number of anilines is 2. The fourth-order valence-electron chi connectivity index (χ4n) is 1.93. The minimum Gasteiger partial charge on any atom is -0.384 e. The van der Waals surface area contributed by atoms with E-state index in [1.54, 1.807) is 12.3 Å². The van der Waals surface area contributed by atoms with Gasteiger partial charge < -0.3 is 10.6 Å². The molecule has 0 fully saturated rings. The minimum atomic E-state index is -0.0429. The quantitative estimate of drug-likeness (QED) is 0.883. The Balaban J connectivity index is 1.84. The van der Waals surface area contributed by atoms with Crippen molar-refractivity contribution < 1.29 is 4.79 Å². The summed E-state index contributed by atoms with van der Waals surface area (Å²) in [7, 11) is 0. The summed E-state index contributed by atoms with van der Waals surface area (Å²) >= 11 is 6.03. The van der Waals surface area contributed by atoms with Crippen LogP contribution in [0.5, 0.6) is 0 Å². The number of carbonyl (C=O) groups is 1. The predicted octanol–water partition coefficient (Wildman–Crippen LogP) is 3.79. The lowest BCUT2D eigenvalue weighted by molar-refractivity contribution is -0.115. The highest BCUT2D eigenvalue weighted by Crippen LogP contribution is 2.22. The van der Waals surface area contributed by atoms with E-state index >= 15 is 0 Å². The molecule has 2 aromatic rings. The summed E-state index contributed by atoms with van der Waals surface area (Å²) < 4.78 is 0. The summed E-state index contributed by atoms with van der Waals surface area (Å²) in [4.78, 5) is 16.1. The number of amides is 1. The van der Waals surface area contributed by atoms with Crippen LogP contribution in [0.15, 0.2) is 36.5 Å². The van der Waals surface area contributed by atoms with Gasteiger partial charge in [-0.2, -0.15) is 0 Å². The first-order valence-corrected chi connectivity index (χ1v) is 7.15. The number of pyridine rings is 1. The zero-order valence-electron chi connectivity index (χ0n) is 12.1.